The summed E-state index contributed by atoms with van der Waals surface area (Å²) in [4.78, 5) is 11.8. The molecule has 0 bridgehead atoms. The van der Waals surface area contributed by atoms with Crippen LogP contribution in [0.4, 0.5) is 0 Å². The molecule has 14 heavy (non-hydrogen) atoms. The summed E-state index contributed by atoms with van der Waals surface area (Å²) >= 11 is 2.19. The lowest BCUT2D eigenvalue weighted by Gasteiger charge is -2.12. The Hall–Kier alpha value is -0.580. The number of hydrogen-bond acceptors (Lipinski definition) is 1. The van der Waals surface area contributed by atoms with Crippen LogP contribution in [-0.2, 0) is 0 Å². The summed E-state index contributed by atoms with van der Waals surface area (Å²) in [5.41, 5.74) is 0.844. The largest absolute Gasteiger partial charge is 0.347 e. The van der Waals surface area contributed by atoms with Gasteiger partial charge in [-0.25, -0.2) is 0 Å². The average Bonchev–Trinajstić information content (AvgIpc) is 2.84. The van der Waals surface area contributed by atoms with Gasteiger partial charge >= 0.3 is 0 Å². The molecule has 1 N–H and O–H groups in total. The zero-order valence-electron chi connectivity index (χ0n) is 8.01. The number of nitrogens with one attached hydrogen (secondary N) is 1. The standard InChI is InChI=1S/C11H12INO/c1-11(6-7-11)13-10(14)8-4-2-3-5-9(8)12/h2-5H,6-7H2,1H3,(H,13,14). The smallest absolute Gasteiger partial charge is 0.252 e. The number of hydrogen-bond donors (Lipinski definition) is 1. The van der Waals surface area contributed by atoms with Crippen LogP contribution in [0.1, 0.15) is 30.1 Å². The molecule has 0 saturated heterocycles. The van der Waals surface area contributed by atoms with Crippen LogP contribution in [-0.4, -0.2) is 11.4 Å². The molecule has 1 amide bonds. The van der Waals surface area contributed by atoms with Crippen molar-refractivity contribution in [3.63, 3.8) is 0 Å². The highest BCUT2D eigenvalue weighted by molar-refractivity contribution is 14.1. The van der Waals surface area contributed by atoms with Crippen molar-refractivity contribution < 1.29 is 4.79 Å². The normalized spacial score (nSPS) is 17.6. The Balaban J connectivity index is 2.15. The highest BCUT2D eigenvalue weighted by atomic mass is 127. The maximum Gasteiger partial charge on any atom is 0.252 e. The van der Waals surface area contributed by atoms with Gasteiger partial charge < -0.3 is 5.32 Å². The highest BCUT2D eigenvalue weighted by Gasteiger charge is 2.38. The molecule has 1 aliphatic carbocycles. The van der Waals surface area contributed by atoms with Gasteiger partial charge in [-0.3, -0.25) is 4.79 Å². The molecule has 0 aliphatic heterocycles. The molecule has 1 saturated carbocycles. The van der Waals surface area contributed by atoms with Crippen LogP contribution in [0.25, 0.3) is 0 Å². The third-order valence-corrected chi connectivity index (χ3v) is 3.47. The molecule has 0 atom stereocenters. The lowest BCUT2D eigenvalue weighted by Crippen LogP contribution is -2.34. The molecule has 1 aliphatic rings. The molecule has 0 unspecified atom stereocenters. The van der Waals surface area contributed by atoms with Crippen LogP contribution in [0, 0.1) is 3.57 Å². The summed E-state index contributed by atoms with van der Waals surface area (Å²) < 4.78 is 1.01. The minimum absolute atomic E-state index is 0.0509. The van der Waals surface area contributed by atoms with E-state index in [1.807, 2.05) is 24.3 Å². The molecule has 3 heteroatoms. The first kappa shape index (κ1) is 9.96. The molecule has 2 nitrogen and oxygen atoms in total. The third-order valence-electron chi connectivity index (χ3n) is 2.53. The predicted octanol–water partition coefficient (Wildman–Crippen LogP) is 2.57. The van der Waals surface area contributed by atoms with E-state index in [1.54, 1.807) is 0 Å². The van der Waals surface area contributed by atoms with E-state index in [0.29, 0.717) is 0 Å². The topological polar surface area (TPSA) is 29.1 Å². The molecule has 74 valence electrons. The van der Waals surface area contributed by atoms with Crippen molar-refractivity contribution in [1.29, 1.82) is 0 Å². The maximum atomic E-state index is 11.8. The van der Waals surface area contributed by atoms with Gasteiger partial charge in [0.2, 0.25) is 0 Å². The van der Waals surface area contributed by atoms with Crippen molar-refractivity contribution in [2.45, 2.75) is 25.3 Å². The van der Waals surface area contributed by atoms with E-state index in [-0.39, 0.29) is 11.4 Å². The Bertz CT molecular complexity index is 371. The molecular weight excluding hydrogens is 289 g/mol. The van der Waals surface area contributed by atoms with E-state index in [1.165, 1.54) is 0 Å². The van der Waals surface area contributed by atoms with Crippen molar-refractivity contribution in [3.8, 4) is 0 Å². The molecular formula is C11H12INO. The minimum Gasteiger partial charge on any atom is -0.347 e. The van der Waals surface area contributed by atoms with Crippen molar-refractivity contribution >= 4 is 28.5 Å². The van der Waals surface area contributed by atoms with Crippen molar-refractivity contribution in [2.24, 2.45) is 0 Å². The van der Waals surface area contributed by atoms with E-state index >= 15 is 0 Å². The monoisotopic (exact) mass is 301 g/mol. The Labute approximate surface area is 97.2 Å². The second-order valence-electron chi connectivity index (χ2n) is 3.99. The van der Waals surface area contributed by atoms with Crippen LogP contribution in [0.15, 0.2) is 24.3 Å². The zero-order valence-corrected chi connectivity index (χ0v) is 10.2. The van der Waals surface area contributed by atoms with Gasteiger partial charge in [-0.15, -0.1) is 0 Å². The first-order valence-electron chi connectivity index (χ1n) is 4.68. The molecule has 1 aromatic rings. The lowest BCUT2D eigenvalue weighted by molar-refractivity contribution is 0.0934. The zero-order chi connectivity index (χ0) is 10.2. The maximum absolute atomic E-state index is 11.8. The summed E-state index contributed by atoms with van der Waals surface area (Å²) in [5.74, 6) is 0.0509. The van der Waals surface area contributed by atoms with Gasteiger partial charge in [-0.1, -0.05) is 12.1 Å². The van der Waals surface area contributed by atoms with E-state index < -0.39 is 0 Å². The fourth-order valence-electron chi connectivity index (χ4n) is 1.30. The SMILES string of the molecule is CC1(NC(=O)c2ccccc2I)CC1. The van der Waals surface area contributed by atoms with Crippen LogP contribution < -0.4 is 5.32 Å². The average molecular weight is 301 g/mol. The Morgan fingerprint density at radius 3 is 2.64 bits per heavy atom. The Morgan fingerprint density at radius 2 is 2.07 bits per heavy atom. The molecule has 0 radical (unpaired) electrons. The fourth-order valence-corrected chi connectivity index (χ4v) is 1.93. The molecule has 2 rings (SSSR count). The van der Waals surface area contributed by atoms with Crippen molar-refractivity contribution in [1.82, 2.24) is 5.32 Å². The van der Waals surface area contributed by atoms with E-state index in [4.69, 9.17) is 0 Å². The number of rotatable bonds is 2. The van der Waals surface area contributed by atoms with Gasteiger partial charge in [-0.2, -0.15) is 0 Å². The van der Waals surface area contributed by atoms with Gasteiger partial charge in [0.05, 0.1) is 5.56 Å². The van der Waals surface area contributed by atoms with E-state index in [2.05, 4.69) is 34.8 Å². The van der Waals surface area contributed by atoms with Crippen molar-refractivity contribution in [2.75, 3.05) is 0 Å². The molecule has 1 fully saturated rings. The molecule has 1 aromatic carbocycles. The fraction of sp³-hybridized carbons (Fsp3) is 0.364. The summed E-state index contributed by atoms with van der Waals surface area (Å²) in [6.07, 6.45) is 2.20. The lowest BCUT2D eigenvalue weighted by atomic mass is 10.2. The predicted molar refractivity (Wildman–Crippen MR) is 64.3 cm³/mol. The van der Waals surface area contributed by atoms with Gasteiger partial charge in [0.1, 0.15) is 0 Å². The van der Waals surface area contributed by atoms with Gasteiger partial charge in [0.15, 0.2) is 0 Å². The molecule has 0 aromatic heterocycles. The number of halogens is 1. The first-order chi connectivity index (χ1) is 6.61. The number of carbonyl (C=O) groups is 1. The molecule has 0 spiro atoms. The van der Waals surface area contributed by atoms with Crippen LogP contribution >= 0.6 is 22.6 Å². The number of benzene rings is 1. The van der Waals surface area contributed by atoms with Crippen LogP contribution in [0.3, 0.4) is 0 Å². The minimum atomic E-state index is 0.0509. The third kappa shape index (κ3) is 2.08. The van der Waals surface area contributed by atoms with Gasteiger partial charge in [-0.05, 0) is 54.5 Å². The first-order valence-corrected chi connectivity index (χ1v) is 5.76. The number of carbonyl (C=O) groups excluding carboxylic acids is 1. The van der Waals surface area contributed by atoms with Crippen LogP contribution in [0.2, 0.25) is 0 Å². The summed E-state index contributed by atoms with van der Waals surface area (Å²) in [5, 5.41) is 3.04. The van der Waals surface area contributed by atoms with Gasteiger partial charge in [0, 0.05) is 9.11 Å². The Kier molecular flexibility index (Phi) is 2.51. The summed E-state index contributed by atoms with van der Waals surface area (Å²) in [6, 6.07) is 7.65. The van der Waals surface area contributed by atoms with E-state index in [9.17, 15) is 4.79 Å². The summed E-state index contributed by atoms with van der Waals surface area (Å²) in [6.45, 7) is 2.08. The Morgan fingerprint density at radius 1 is 1.43 bits per heavy atom. The second kappa shape index (κ2) is 3.53. The quantitative estimate of drug-likeness (QED) is 0.836. The highest BCUT2D eigenvalue weighted by Crippen LogP contribution is 2.34. The van der Waals surface area contributed by atoms with Crippen LogP contribution in [0.5, 0.6) is 0 Å². The summed E-state index contributed by atoms with van der Waals surface area (Å²) in [7, 11) is 0. The van der Waals surface area contributed by atoms with E-state index in [0.717, 1.165) is 22.0 Å². The number of amides is 1. The second-order valence-corrected chi connectivity index (χ2v) is 5.16. The van der Waals surface area contributed by atoms with Crippen molar-refractivity contribution in [3.05, 3.63) is 33.4 Å². The molecule has 0 heterocycles. The van der Waals surface area contributed by atoms with Gasteiger partial charge in [0.25, 0.3) is 5.91 Å².